The van der Waals surface area contributed by atoms with Gasteiger partial charge in [-0.3, -0.25) is 9.80 Å². The summed E-state index contributed by atoms with van der Waals surface area (Å²) in [6.45, 7) is 34.7. The summed E-state index contributed by atoms with van der Waals surface area (Å²) in [6, 6.07) is 5.69. The summed E-state index contributed by atoms with van der Waals surface area (Å²) < 4.78 is 54.7. The van der Waals surface area contributed by atoms with E-state index in [1.807, 2.05) is 18.2 Å². The standard InChI is InChI=1S/C56H97FN8O13/c1-51(2,3)73-45(66)60-24-20-58(21-25-61(46(67)74-52(4,5)6)29-33-64(32-28-60)49(70)77-55(13,14)15)40-42-37-43(39-44(38-42)72-36-19-57)41-59-22-26-62(47(68)75-53(7,8)9)30-34-65(50(71)78-56(16,17)18)35-31-63(27-23-59)48(69)76-54(10,11)12/h37-39H,19-36,40-41H2,1-18H3. The number of amides is 6. The van der Waals surface area contributed by atoms with Crippen molar-refractivity contribution in [3.63, 3.8) is 0 Å². The van der Waals surface area contributed by atoms with Gasteiger partial charge in [-0.2, -0.15) is 0 Å². The second-order valence-corrected chi connectivity index (χ2v) is 25.9. The number of hydrogen-bond acceptors (Lipinski definition) is 15. The maximum atomic E-state index is 13.9. The van der Waals surface area contributed by atoms with E-state index < -0.39 is 76.8 Å². The van der Waals surface area contributed by atoms with Crippen molar-refractivity contribution in [2.24, 2.45) is 0 Å². The molecule has 0 unspecified atom stereocenters. The summed E-state index contributed by atoms with van der Waals surface area (Å²) >= 11 is 0. The van der Waals surface area contributed by atoms with Crippen LogP contribution in [0.3, 0.4) is 0 Å². The fraction of sp³-hybridized carbons (Fsp3) is 0.786. The van der Waals surface area contributed by atoms with Gasteiger partial charge in [0, 0.05) is 118 Å². The van der Waals surface area contributed by atoms with Crippen LogP contribution >= 0.6 is 0 Å². The maximum absolute atomic E-state index is 13.9. The van der Waals surface area contributed by atoms with Gasteiger partial charge in [-0.05, 0) is 148 Å². The van der Waals surface area contributed by atoms with Gasteiger partial charge in [-0.15, -0.1) is 0 Å². The molecule has 2 fully saturated rings. The minimum absolute atomic E-state index is 0.0969. The number of nitrogens with zero attached hydrogens (tertiary/aromatic N) is 8. The van der Waals surface area contributed by atoms with Crippen LogP contribution < -0.4 is 4.74 Å². The number of hydrogen-bond donors (Lipinski definition) is 0. The second-order valence-electron chi connectivity index (χ2n) is 25.9. The first-order chi connectivity index (χ1) is 35.8. The Labute approximate surface area is 465 Å². The van der Waals surface area contributed by atoms with Gasteiger partial charge in [-0.25, -0.2) is 33.2 Å². The van der Waals surface area contributed by atoms with Gasteiger partial charge < -0.3 is 62.6 Å². The minimum atomic E-state index is -0.802. The van der Waals surface area contributed by atoms with Crippen molar-refractivity contribution in [1.82, 2.24) is 39.2 Å². The van der Waals surface area contributed by atoms with Crippen LogP contribution in [-0.2, 0) is 41.5 Å². The minimum Gasteiger partial charge on any atom is -0.491 e. The third-order valence-corrected chi connectivity index (χ3v) is 11.4. The summed E-state index contributed by atoms with van der Waals surface area (Å²) in [5.74, 6) is 0.421. The van der Waals surface area contributed by atoms with E-state index in [1.165, 1.54) is 9.80 Å². The lowest BCUT2D eigenvalue weighted by atomic mass is 10.1. The van der Waals surface area contributed by atoms with Gasteiger partial charge in [0.2, 0.25) is 0 Å². The summed E-state index contributed by atoms with van der Waals surface area (Å²) in [5, 5.41) is 0. The number of halogens is 1. The third kappa shape index (κ3) is 26.9. The Balaban J connectivity index is 2.11. The molecular formula is C56H97FN8O13. The smallest absolute Gasteiger partial charge is 0.410 e. The Morgan fingerprint density at radius 3 is 0.718 bits per heavy atom. The monoisotopic (exact) mass is 1110 g/mol. The summed E-state index contributed by atoms with van der Waals surface area (Å²) in [5.41, 5.74) is -3.21. The Bertz CT molecular complexity index is 1900. The van der Waals surface area contributed by atoms with Gasteiger partial charge in [0.25, 0.3) is 0 Å². The fourth-order valence-electron chi connectivity index (χ4n) is 7.95. The first kappa shape index (κ1) is 66.8. The largest absolute Gasteiger partial charge is 0.491 e. The quantitative estimate of drug-likeness (QED) is 0.235. The molecule has 78 heavy (non-hydrogen) atoms. The maximum Gasteiger partial charge on any atom is 0.410 e. The Morgan fingerprint density at radius 2 is 0.538 bits per heavy atom. The van der Waals surface area contributed by atoms with E-state index >= 15 is 0 Å². The first-order valence-electron chi connectivity index (χ1n) is 27.4. The summed E-state index contributed by atoms with van der Waals surface area (Å²) in [7, 11) is 0. The van der Waals surface area contributed by atoms with Gasteiger partial charge in [-0.1, -0.05) is 6.07 Å². The zero-order chi connectivity index (χ0) is 59.0. The van der Waals surface area contributed by atoms with Crippen molar-refractivity contribution in [3.8, 4) is 5.75 Å². The van der Waals surface area contributed by atoms with Crippen molar-refractivity contribution in [2.75, 3.05) is 118 Å². The second kappa shape index (κ2) is 28.6. The van der Waals surface area contributed by atoms with Crippen LogP contribution in [0.25, 0.3) is 0 Å². The molecule has 0 N–H and O–H groups in total. The van der Waals surface area contributed by atoms with Crippen LogP contribution in [0.5, 0.6) is 5.75 Å². The van der Waals surface area contributed by atoms with Gasteiger partial charge in [0.15, 0.2) is 0 Å². The third-order valence-electron chi connectivity index (χ3n) is 11.4. The molecule has 0 radical (unpaired) electrons. The Morgan fingerprint density at radius 1 is 0.346 bits per heavy atom. The highest BCUT2D eigenvalue weighted by atomic mass is 19.1. The molecule has 1 aromatic carbocycles. The van der Waals surface area contributed by atoms with Gasteiger partial charge in [0.05, 0.1) is 0 Å². The molecule has 22 heteroatoms. The topological polar surface area (TPSA) is 193 Å². The van der Waals surface area contributed by atoms with Crippen LogP contribution in [0.1, 0.15) is 136 Å². The SMILES string of the molecule is CC(C)(C)OC(=O)N1CCN(Cc2cc(CN3CCN(C(=O)OC(C)(C)C)CCN(C(=O)OC(C)(C)C)CCN(C(=O)OC(C)(C)C)CC3)cc(OCCF)c2)CCN(C(=O)OC(C)(C)C)CCN(C(=O)OC(C)(C)C)CC1. The average Bonchev–Trinajstić information content (AvgIpc) is 3.23. The number of benzene rings is 1. The molecular weight excluding hydrogens is 1010 g/mol. The van der Waals surface area contributed by atoms with E-state index in [9.17, 15) is 33.2 Å². The highest BCUT2D eigenvalue weighted by Gasteiger charge is 2.33. The number of rotatable bonds is 7. The normalized spacial score (nSPS) is 17.4. The van der Waals surface area contributed by atoms with Crippen molar-refractivity contribution >= 4 is 36.6 Å². The fourth-order valence-corrected chi connectivity index (χ4v) is 7.95. The number of carbonyl (C=O) groups is 6. The van der Waals surface area contributed by atoms with Crippen molar-refractivity contribution < 1.29 is 66.3 Å². The lowest BCUT2D eigenvalue weighted by molar-refractivity contribution is 0.00436. The predicted molar refractivity (Wildman–Crippen MR) is 295 cm³/mol. The highest BCUT2D eigenvalue weighted by molar-refractivity contribution is 5.72. The molecule has 0 aromatic heterocycles. The van der Waals surface area contributed by atoms with E-state index in [1.54, 1.807) is 144 Å². The van der Waals surface area contributed by atoms with Crippen molar-refractivity contribution in [2.45, 2.75) is 171 Å². The molecule has 0 bridgehead atoms. The summed E-state index contributed by atoms with van der Waals surface area (Å²) in [4.78, 5) is 96.1. The van der Waals surface area contributed by atoms with Crippen LogP contribution in [-0.4, -0.2) is 227 Å². The molecule has 0 saturated carbocycles. The van der Waals surface area contributed by atoms with Crippen LogP contribution in [0.2, 0.25) is 0 Å². The van der Waals surface area contributed by atoms with E-state index in [2.05, 4.69) is 9.80 Å². The molecule has 0 aliphatic carbocycles. The lowest BCUT2D eigenvalue weighted by Gasteiger charge is -2.36. The van der Waals surface area contributed by atoms with Crippen LogP contribution in [0.4, 0.5) is 33.2 Å². The first-order valence-corrected chi connectivity index (χ1v) is 27.4. The molecule has 6 amide bonds. The molecule has 21 nitrogen and oxygen atoms in total. The number of carbonyl (C=O) groups excluding carboxylic acids is 6. The predicted octanol–water partition coefficient (Wildman–Crippen LogP) is 9.09. The van der Waals surface area contributed by atoms with E-state index in [0.717, 1.165) is 11.1 Å². The zero-order valence-corrected chi connectivity index (χ0v) is 50.6. The number of alkyl halides is 1. The summed E-state index contributed by atoms with van der Waals surface area (Å²) in [6.07, 6.45) is -3.37. The van der Waals surface area contributed by atoms with Crippen molar-refractivity contribution in [3.05, 3.63) is 29.3 Å². The molecule has 2 aliphatic rings. The molecule has 1 aromatic rings. The zero-order valence-electron chi connectivity index (χ0n) is 50.6. The van der Waals surface area contributed by atoms with Crippen molar-refractivity contribution in [1.29, 1.82) is 0 Å². The van der Waals surface area contributed by atoms with E-state index in [4.69, 9.17) is 33.2 Å². The molecule has 2 saturated heterocycles. The molecule has 0 spiro atoms. The highest BCUT2D eigenvalue weighted by Crippen LogP contribution is 2.23. The molecule has 2 aliphatic heterocycles. The van der Waals surface area contributed by atoms with Crippen LogP contribution in [0.15, 0.2) is 18.2 Å². The molecule has 3 rings (SSSR count). The average molecular weight is 1110 g/mol. The number of ether oxygens (including phenoxy) is 7. The molecule has 2 heterocycles. The Kier molecular flexibility index (Phi) is 24.5. The van der Waals surface area contributed by atoms with Crippen LogP contribution in [0, 0.1) is 0 Å². The molecule has 446 valence electrons. The van der Waals surface area contributed by atoms with Gasteiger partial charge >= 0.3 is 36.6 Å². The Hall–Kier alpha value is -5.51. The van der Waals surface area contributed by atoms with E-state index in [-0.39, 0.29) is 85.1 Å². The lowest BCUT2D eigenvalue weighted by Crippen LogP contribution is -2.51. The van der Waals surface area contributed by atoms with Gasteiger partial charge in [0.1, 0.15) is 52.6 Å². The molecule has 0 atom stereocenters. The van der Waals surface area contributed by atoms with E-state index in [0.29, 0.717) is 45.0 Å².